The Morgan fingerprint density at radius 3 is 2.52 bits per heavy atom. The van der Waals surface area contributed by atoms with Gasteiger partial charge in [-0.3, -0.25) is 0 Å². The third kappa shape index (κ3) is 3.79. The average molecular weight is 329 g/mol. The smallest absolute Gasteiger partial charge is 0.328 e. The zero-order valence-corrected chi connectivity index (χ0v) is 13.4. The Hall–Kier alpha value is -2.59. The van der Waals surface area contributed by atoms with Gasteiger partial charge < -0.3 is 10.1 Å². The van der Waals surface area contributed by atoms with Crippen molar-refractivity contribution in [3.63, 3.8) is 0 Å². The van der Waals surface area contributed by atoms with Crippen molar-refractivity contribution in [2.45, 2.75) is 12.8 Å². The Morgan fingerprint density at radius 1 is 1.17 bits per heavy atom. The highest BCUT2D eigenvalue weighted by Gasteiger charge is 2.12. The molecule has 0 aliphatic heterocycles. The largest absolute Gasteiger partial charge is 0.478 e. The number of fused-ring (bicyclic) bond motifs is 1. The number of imidazole rings is 1. The predicted octanol–water partition coefficient (Wildman–Crippen LogP) is 4.23. The van der Waals surface area contributed by atoms with Gasteiger partial charge in [0, 0.05) is 12.0 Å². The van der Waals surface area contributed by atoms with E-state index in [0.29, 0.717) is 0 Å². The van der Waals surface area contributed by atoms with Crippen molar-refractivity contribution in [3.8, 4) is 0 Å². The fourth-order valence-corrected chi connectivity index (χ4v) is 2.40. The van der Waals surface area contributed by atoms with Gasteiger partial charge in [-0.1, -0.05) is 43.3 Å². The molecular weight excluding hydrogens is 312 g/mol. The second kappa shape index (κ2) is 7.11. The van der Waals surface area contributed by atoms with Crippen LogP contribution in [0, 0.1) is 0 Å². The van der Waals surface area contributed by atoms with Crippen LogP contribution in [0.1, 0.15) is 29.8 Å². The molecule has 1 heterocycles. The molecule has 0 unspecified atom stereocenters. The molecule has 0 spiro atoms. The Kier molecular flexibility index (Phi) is 5.19. The molecule has 1 atom stereocenters. The van der Waals surface area contributed by atoms with Gasteiger partial charge in [-0.2, -0.15) is 0 Å². The maximum absolute atomic E-state index is 10.5. The number of rotatable bonds is 4. The van der Waals surface area contributed by atoms with Gasteiger partial charge in [0.2, 0.25) is 0 Å². The lowest BCUT2D eigenvalue weighted by Crippen LogP contribution is -1.98. The van der Waals surface area contributed by atoms with E-state index in [1.165, 1.54) is 0 Å². The zero-order chi connectivity index (χ0) is 15.5. The third-order valence-electron chi connectivity index (χ3n) is 3.67. The molecule has 23 heavy (non-hydrogen) atoms. The van der Waals surface area contributed by atoms with Gasteiger partial charge in [-0.25, -0.2) is 9.78 Å². The Morgan fingerprint density at radius 2 is 1.87 bits per heavy atom. The van der Waals surface area contributed by atoms with Crippen LogP contribution in [0.4, 0.5) is 0 Å². The number of halogens is 1. The molecule has 0 aliphatic rings. The fraction of sp³-hybridized carbons (Fsp3) is 0.111. The maximum atomic E-state index is 10.5. The number of aliphatic carboxylic acids is 1. The van der Waals surface area contributed by atoms with Crippen LogP contribution >= 0.6 is 12.4 Å². The van der Waals surface area contributed by atoms with Crippen molar-refractivity contribution in [1.29, 1.82) is 0 Å². The SMILES string of the molecule is C[C@H](c1ccc(/C=C/C(=O)O)cc1)c1nc2ccccc2[nH]1.Cl. The number of H-pyrrole nitrogens is 1. The highest BCUT2D eigenvalue weighted by atomic mass is 35.5. The van der Waals surface area contributed by atoms with E-state index in [2.05, 4.69) is 16.9 Å². The lowest BCUT2D eigenvalue weighted by Gasteiger charge is -2.09. The number of nitrogens with one attached hydrogen (secondary N) is 1. The summed E-state index contributed by atoms with van der Waals surface area (Å²) in [5.74, 6) is 0.125. The number of hydrogen-bond donors (Lipinski definition) is 2. The molecule has 0 amide bonds. The second-order valence-corrected chi connectivity index (χ2v) is 5.20. The first-order valence-corrected chi connectivity index (χ1v) is 7.09. The number of carboxylic acid groups (broad SMARTS) is 1. The van der Waals surface area contributed by atoms with Crippen LogP contribution in [0.3, 0.4) is 0 Å². The molecule has 118 valence electrons. The molecule has 0 bridgehead atoms. The van der Waals surface area contributed by atoms with Crippen LogP contribution in [0.15, 0.2) is 54.6 Å². The van der Waals surface area contributed by atoms with E-state index in [1.807, 2.05) is 48.5 Å². The van der Waals surface area contributed by atoms with Gasteiger partial charge in [0.05, 0.1) is 11.0 Å². The number of aromatic amines is 1. The molecule has 0 saturated heterocycles. The van der Waals surface area contributed by atoms with Crippen molar-refractivity contribution < 1.29 is 9.90 Å². The molecule has 4 nitrogen and oxygen atoms in total. The van der Waals surface area contributed by atoms with Crippen LogP contribution in [0.2, 0.25) is 0 Å². The topological polar surface area (TPSA) is 66.0 Å². The molecule has 0 fully saturated rings. The van der Waals surface area contributed by atoms with Crippen molar-refractivity contribution in [1.82, 2.24) is 9.97 Å². The summed E-state index contributed by atoms with van der Waals surface area (Å²) in [6, 6.07) is 15.8. The molecule has 5 heteroatoms. The molecule has 0 saturated carbocycles. The first kappa shape index (κ1) is 16.8. The van der Waals surface area contributed by atoms with Crippen LogP contribution < -0.4 is 0 Å². The molecule has 0 radical (unpaired) electrons. The lowest BCUT2D eigenvalue weighted by molar-refractivity contribution is -0.131. The fourth-order valence-electron chi connectivity index (χ4n) is 2.40. The molecule has 1 aromatic heterocycles. The predicted molar refractivity (Wildman–Crippen MR) is 94.0 cm³/mol. The molecule has 3 rings (SSSR count). The number of aromatic nitrogens is 2. The Balaban J connectivity index is 0.00000192. The first-order chi connectivity index (χ1) is 10.6. The lowest BCUT2D eigenvalue weighted by atomic mass is 9.99. The van der Waals surface area contributed by atoms with Gasteiger partial charge >= 0.3 is 5.97 Å². The summed E-state index contributed by atoms with van der Waals surface area (Å²) in [6.45, 7) is 2.10. The number of benzene rings is 2. The average Bonchev–Trinajstić information content (AvgIpc) is 2.96. The number of nitrogens with zero attached hydrogens (tertiary/aromatic N) is 1. The summed E-state index contributed by atoms with van der Waals surface area (Å²) in [5.41, 5.74) is 3.99. The van der Waals surface area contributed by atoms with Crippen LogP contribution in [0.25, 0.3) is 17.1 Å². The Bertz CT molecular complexity index is 805. The van der Waals surface area contributed by atoms with Gasteiger partial charge in [-0.05, 0) is 29.3 Å². The standard InChI is InChI=1S/C18H16N2O2.ClH/c1-12(18-19-15-4-2-3-5-16(15)20-18)14-9-6-13(7-10-14)8-11-17(21)22;/h2-12H,1H3,(H,19,20)(H,21,22);1H/b11-8+;/t12-;/m1./s1. The number of para-hydroxylation sites is 2. The number of carbonyl (C=O) groups is 1. The minimum atomic E-state index is -0.945. The van der Waals surface area contributed by atoms with Crippen LogP contribution in [-0.4, -0.2) is 21.0 Å². The molecule has 3 aromatic rings. The minimum Gasteiger partial charge on any atom is -0.478 e. The minimum absolute atomic E-state index is 0. The molecule has 2 N–H and O–H groups in total. The normalized spacial score (nSPS) is 12.2. The van der Waals surface area contributed by atoms with Gasteiger partial charge in [0.25, 0.3) is 0 Å². The summed E-state index contributed by atoms with van der Waals surface area (Å²) < 4.78 is 0. The summed E-state index contributed by atoms with van der Waals surface area (Å²) in [4.78, 5) is 18.5. The maximum Gasteiger partial charge on any atom is 0.328 e. The highest BCUT2D eigenvalue weighted by Crippen LogP contribution is 2.24. The third-order valence-corrected chi connectivity index (χ3v) is 3.67. The molecule has 2 aromatic carbocycles. The first-order valence-electron chi connectivity index (χ1n) is 7.09. The van der Waals surface area contributed by atoms with E-state index in [9.17, 15) is 4.79 Å². The van der Waals surface area contributed by atoms with E-state index in [4.69, 9.17) is 5.11 Å². The van der Waals surface area contributed by atoms with E-state index in [1.54, 1.807) is 6.08 Å². The van der Waals surface area contributed by atoms with Crippen LogP contribution in [-0.2, 0) is 4.79 Å². The van der Waals surface area contributed by atoms with Gasteiger partial charge in [0.15, 0.2) is 0 Å². The Labute approximate surface area is 140 Å². The van der Waals surface area contributed by atoms with Crippen molar-refractivity contribution in [2.75, 3.05) is 0 Å². The summed E-state index contributed by atoms with van der Waals surface area (Å²) in [5, 5.41) is 8.64. The molecule has 0 aliphatic carbocycles. The van der Waals surface area contributed by atoms with Crippen molar-refractivity contribution in [3.05, 3.63) is 71.6 Å². The monoisotopic (exact) mass is 328 g/mol. The van der Waals surface area contributed by atoms with E-state index < -0.39 is 5.97 Å². The van der Waals surface area contributed by atoms with Crippen molar-refractivity contribution >= 4 is 35.5 Å². The summed E-state index contributed by atoms with van der Waals surface area (Å²) in [7, 11) is 0. The van der Waals surface area contributed by atoms with Crippen LogP contribution in [0.5, 0.6) is 0 Å². The molecular formula is C18H17ClN2O2. The number of carboxylic acids is 1. The van der Waals surface area contributed by atoms with E-state index in [-0.39, 0.29) is 18.3 Å². The number of hydrogen-bond acceptors (Lipinski definition) is 2. The van der Waals surface area contributed by atoms with E-state index >= 15 is 0 Å². The summed E-state index contributed by atoms with van der Waals surface area (Å²) >= 11 is 0. The highest BCUT2D eigenvalue weighted by molar-refractivity contribution is 5.85. The van der Waals surface area contributed by atoms with Gasteiger partial charge in [-0.15, -0.1) is 12.4 Å². The second-order valence-electron chi connectivity index (χ2n) is 5.20. The van der Waals surface area contributed by atoms with Crippen molar-refractivity contribution in [2.24, 2.45) is 0 Å². The zero-order valence-electron chi connectivity index (χ0n) is 12.6. The van der Waals surface area contributed by atoms with E-state index in [0.717, 1.165) is 34.1 Å². The van der Waals surface area contributed by atoms with Gasteiger partial charge in [0.1, 0.15) is 5.82 Å². The quantitative estimate of drug-likeness (QED) is 0.704. The summed E-state index contributed by atoms with van der Waals surface area (Å²) in [6.07, 6.45) is 2.72.